The summed E-state index contributed by atoms with van der Waals surface area (Å²) in [4.78, 5) is 20.2. The maximum Gasteiger partial charge on any atom is 0.254 e. The minimum Gasteiger partial charge on any atom is -0.380 e. The number of nitrogens with two attached hydrogens (primary N) is 1. The van der Waals surface area contributed by atoms with E-state index in [1.54, 1.807) is 15.5 Å². The molecule has 7 rings (SSSR count). The molecule has 200 valence electrons. The van der Waals surface area contributed by atoms with Gasteiger partial charge in [-0.05, 0) is 49.9 Å². The van der Waals surface area contributed by atoms with E-state index in [2.05, 4.69) is 67.2 Å². The third-order valence-corrected chi connectivity index (χ3v) is 12.3. The van der Waals surface area contributed by atoms with Gasteiger partial charge in [0, 0.05) is 35.0 Å². The molecule has 4 atom stereocenters. The van der Waals surface area contributed by atoms with Crippen LogP contribution in [0, 0.1) is 23.1 Å². The molecule has 4 heterocycles. The van der Waals surface area contributed by atoms with E-state index >= 15 is 4.39 Å². The Kier molecular flexibility index (Phi) is 5.74. The minimum atomic E-state index is -0.535. The highest BCUT2D eigenvalue weighted by atomic mass is 127. The first-order valence-electron chi connectivity index (χ1n) is 13.0. The fraction of sp³-hybridized carbons (Fsp3) is 0.393. The molecule has 3 aliphatic rings. The number of nitrogens with zero attached hydrogens (tertiary/aromatic N) is 5. The number of carbonyl (C=O) groups excluding carboxylic acids is 1. The fourth-order valence-corrected chi connectivity index (χ4v) is 8.58. The number of rotatable bonds is 3. The number of benzene rings is 2. The smallest absolute Gasteiger partial charge is 0.254 e. The number of alkyl halides is 2. The van der Waals surface area contributed by atoms with Crippen molar-refractivity contribution < 1.29 is 9.18 Å². The summed E-state index contributed by atoms with van der Waals surface area (Å²) < 4.78 is 19.6. The zero-order chi connectivity index (χ0) is 27.4. The van der Waals surface area contributed by atoms with E-state index in [1.165, 1.54) is 6.07 Å². The molecule has 0 bridgehead atoms. The maximum absolute atomic E-state index is 15.7. The third-order valence-electron chi connectivity index (χ3n) is 8.59. The number of amides is 1. The molecule has 3 N–H and O–H groups in total. The van der Waals surface area contributed by atoms with Gasteiger partial charge in [0.1, 0.15) is 21.5 Å². The Hall–Kier alpha value is -2.44. The molecule has 4 aromatic rings. The minimum absolute atomic E-state index is 0.0943. The van der Waals surface area contributed by atoms with Crippen molar-refractivity contribution >= 4 is 78.7 Å². The van der Waals surface area contributed by atoms with Crippen LogP contribution >= 0.6 is 45.2 Å². The second-order valence-corrected chi connectivity index (χ2v) is 13.9. The molecule has 8 nitrogen and oxygen atoms in total. The summed E-state index contributed by atoms with van der Waals surface area (Å²) in [6.07, 6.45) is 2.32. The normalized spacial score (nSPS) is 26.3. The first-order valence-corrected chi connectivity index (χ1v) is 15.5. The Labute approximate surface area is 252 Å². The SMILES string of the molecule is Cn1c(-c2cc3ccc(C#N)c4c3n2C(C2CC2)CN4)nc2cc(C(=O)N3C[C@@H](I)[C@](C)(N)[C@H]3I)cc(F)c21. The van der Waals surface area contributed by atoms with Gasteiger partial charge in [-0.1, -0.05) is 51.2 Å². The summed E-state index contributed by atoms with van der Waals surface area (Å²) in [5.41, 5.74) is 10.4. The number of nitriles is 1. The van der Waals surface area contributed by atoms with Crippen LogP contribution in [-0.4, -0.2) is 51.5 Å². The number of hydrogen-bond acceptors (Lipinski definition) is 5. The summed E-state index contributed by atoms with van der Waals surface area (Å²) >= 11 is 4.50. The molecule has 11 heteroatoms. The highest BCUT2D eigenvalue weighted by Crippen LogP contribution is 2.48. The van der Waals surface area contributed by atoms with Crippen LogP contribution in [0.3, 0.4) is 0 Å². The van der Waals surface area contributed by atoms with Gasteiger partial charge in [0.2, 0.25) is 0 Å². The average molecular weight is 749 g/mol. The van der Waals surface area contributed by atoms with Crippen LogP contribution in [0.4, 0.5) is 10.1 Å². The number of likely N-dealkylation sites (tertiary alicyclic amines) is 1. The van der Waals surface area contributed by atoms with Gasteiger partial charge in [0.05, 0.1) is 39.6 Å². The van der Waals surface area contributed by atoms with Crippen LogP contribution in [0.5, 0.6) is 0 Å². The average Bonchev–Trinajstić information content (AvgIpc) is 3.56. The summed E-state index contributed by atoms with van der Waals surface area (Å²) in [6.45, 7) is 3.19. The Morgan fingerprint density at radius 3 is 2.69 bits per heavy atom. The number of fused-ring (bicyclic) bond motifs is 1. The molecule has 1 saturated carbocycles. The molecule has 0 spiro atoms. The Balaban J connectivity index is 1.38. The molecule has 2 aromatic carbocycles. The van der Waals surface area contributed by atoms with Crippen LogP contribution < -0.4 is 11.1 Å². The van der Waals surface area contributed by atoms with Gasteiger partial charge in [-0.25, -0.2) is 9.37 Å². The summed E-state index contributed by atoms with van der Waals surface area (Å²) in [7, 11) is 1.82. The number of aryl methyl sites for hydroxylation is 1. The van der Waals surface area contributed by atoms with Crippen LogP contribution in [0.1, 0.15) is 41.7 Å². The Morgan fingerprint density at radius 2 is 2.03 bits per heavy atom. The van der Waals surface area contributed by atoms with Crippen molar-refractivity contribution in [2.24, 2.45) is 18.7 Å². The number of imidazole rings is 1. The molecule has 0 radical (unpaired) electrons. The predicted molar refractivity (Wildman–Crippen MR) is 166 cm³/mol. The first-order chi connectivity index (χ1) is 18.6. The molecule has 39 heavy (non-hydrogen) atoms. The van der Waals surface area contributed by atoms with E-state index in [-0.39, 0.29) is 25.5 Å². The van der Waals surface area contributed by atoms with Crippen LogP contribution in [0.2, 0.25) is 0 Å². The number of nitrogens with one attached hydrogen (secondary N) is 1. The van der Waals surface area contributed by atoms with Crippen LogP contribution in [0.15, 0.2) is 30.3 Å². The molecule has 1 amide bonds. The number of hydrogen-bond donors (Lipinski definition) is 2. The van der Waals surface area contributed by atoms with E-state index in [1.807, 2.05) is 26.1 Å². The molecule has 1 saturated heterocycles. The first kappa shape index (κ1) is 25.5. The van der Waals surface area contributed by atoms with Crippen molar-refractivity contribution in [2.45, 2.75) is 39.3 Å². The highest BCUT2D eigenvalue weighted by Gasteiger charge is 2.48. The quantitative estimate of drug-likeness (QED) is 0.168. The second kappa shape index (κ2) is 8.78. The fourth-order valence-electron chi connectivity index (χ4n) is 6.21. The van der Waals surface area contributed by atoms with Gasteiger partial charge < -0.3 is 25.1 Å². The molecule has 2 aliphatic heterocycles. The third kappa shape index (κ3) is 3.66. The molecular formula is C28H26FI2N7O. The van der Waals surface area contributed by atoms with Gasteiger partial charge in [0.15, 0.2) is 5.82 Å². The maximum atomic E-state index is 15.7. The lowest BCUT2D eigenvalue weighted by Gasteiger charge is -2.29. The van der Waals surface area contributed by atoms with Crippen LogP contribution in [-0.2, 0) is 7.05 Å². The number of halogens is 3. The molecule has 2 aromatic heterocycles. The monoisotopic (exact) mass is 749 g/mol. The van der Waals surface area contributed by atoms with Gasteiger partial charge in [-0.3, -0.25) is 4.79 Å². The summed E-state index contributed by atoms with van der Waals surface area (Å²) in [5, 5.41) is 14.2. The van der Waals surface area contributed by atoms with E-state index in [0.717, 1.165) is 41.7 Å². The second-order valence-electron chi connectivity index (χ2n) is 11.2. The largest absolute Gasteiger partial charge is 0.380 e. The topological polar surface area (TPSA) is 105 Å². The van der Waals surface area contributed by atoms with Crippen molar-refractivity contribution in [1.29, 1.82) is 5.26 Å². The molecule has 2 fully saturated rings. The standard InChI is InChI=1S/C28H26FI2N7O/c1-28(33)21(30)12-37(27(28)31)26(39)16-7-17(29)24-18(8-16)35-25(36(24)2)19-9-14-5-6-15(10-32)22-23(14)38(19)20(11-34-22)13-3-4-13/h5-9,13,20-21,27,34H,3-4,11-12,33H2,1-2H3/t20?,21-,27+,28+/m1/s1. The van der Waals surface area contributed by atoms with Gasteiger partial charge in [-0.15, -0.1) is 0 Å². The van der Waals surface area contributed by atoms with Crippen LogP contribution in [0.25, 0.3) is 33.5 Å². The van der Waals surface area contributed by atoms with Crippen molar-refractivity contribution in [3.8, 4) is 17.6 Å². The van der Waals surface area contributed by atoms with Gasteiger partial charge in [-0.2, -0.15) is 5.26 Å². The zero-order valence-corrected chi connectivity index (χ0v) is 25.7. The van der Waals surface area contributed by atoms with Crippen molar-refractivity contribution in [3.05, 3.63) is 47.3 Å². The van der Waals surface area contributed by atoms with Gasteiger partial charge in [0.25, 0.3) is 5.91 Å². The Bertz CT molecular complexity index is 1750. The lowest BCUT2D eigenvalue weighted by atomic mass is 10.0. The summed E-state index contributed by atoms with van der Waals surface area (Å²) in [6, 6.07) is 11.4. The predicted octanol–water partition coefficient (Wildman–Crippen LogP) is 5.32. The van der Waals surface area contributed by atoms with Crippen molar-refractivity contribution in [2.75, 3.05) is 18.4 Å². The van der Waals surface area contributed by atoms with Gasteiger partial charge >= 0.3 is 0 Å². The van der Waals surface area contributed by atoms with E-state index in [0.29, 0.717) is 34.9 Å². The number of carbonyl (C=O) groups is 1. The van der Waals surface area contributed by atoms with E-state index in [4.69, 9.17) is 10.7 Å². The molecule has 1 aliphatic carbocycles. The van der Waals surface area contributed by atoms with E-state index < -0.39 is 11.4 Å². The number of aromatic nitrogens is 3. The van der Waals surface area contributed by atoms with Crippen molar-refractivity contribution in [1.82, 2.24) is 19.0 Å². The highest BCUT2D eigenvalue weighted by molar-refractivity contribution is 14.1. The zero-order valence-electron chi connectivity index (χ0n) is 21.4. The Morgan fingerprint density at radius 1 is 1.26 bits per heavy atom. The van der Waals surface area contributed by atoms with Crippen molar-refractivity contribution in [3.63, 3.8) is 0 Å². The molecule has 1 unspecified atom stereocenters. The van der Waals surface area contributed by atoms with E-state index in [9.17, 15) is 10.1 Å². The lowest BCUT2D eigenvalue weighted by Crippen LogP contribution is -2.50. The number of anilines is 1. The molecular weight excluding hydrogens is 723 g/mol. The lowest BCUT2D eigenvalue weighted by molar-refractivity contribution is 0.0776. The summed E-state index contributed by atoms with van der Waals surface area (Å²) in [5.74, 6) is 0.468.